The van der Waals surface area contributed by atoms with Crippen LogP contribution in [0.5, 0.6) is 0 Å². The van der Waals surface area contributed by atoms with Gasteiger partial charge in [-0.15, -0.1) is 0 Å². The van der Waals surface area contributed by atoms with Crippen molar-refractivity contribution >= 4 is 11.9 Å². The van der Waals surface area contributed by atoms with Crippen LogP contribution >= 0.6 is 0 Å². The zero-order valence-electron chi connectivity index (χ0n) is 17.8. The molecule has 176 valence electrons. The molecule has 6 atom stereocenters. The summed E-state index contributed by atoms with van der Waals surface area (Å²) >= 11 is 0. The normalized spacial score (nSPS) is 27.5. The molecule has 0 unspecified atom stereocenters. The van der Waals surface area contributed by atoms with Gasteiger partial charge in [0.25, 0.3) is 0 Å². The lowest BCUT2D eigenvalue weighted by molar-refractivity contribution is -0.305. The van der Waals surface area contributed by atoms with E-state index in [1.807, 2.05) is 6.92 Å². The smallest absolute Gasteiger partial charge is 0.306 e. The third kappa shape index (κ3) is 9.23. The first-order valence-electron chi connectivity index (χ1n) is 10.6. The molecule has 0 aromatic heterocycles. The number of carbonyl (C=O) groups excluding carboxylic acids is 2. The minimum Gasteiger partial charge on any atom is -0.462 e. The van der Waals surface area contributed by atoms with Gasteiger partial charge in [-0.2, -0.15) is 0 Å². The average Bonchev–Trinajstić information content (AvgIpc) is 2.72. The van der Waals surface area contributed by atoms with Crippen LogP contribution in [0, 0.1) is 0 Å². The summed E-state index contributed by atoms with van der Waals surface area (Å²) in [6.07, 6.45) is -3.36. The topological polar surface area (TPSA) is 152 Å². The number of hydrogen-bond acceptors (Lipinski definition) is 10. The number of esters is 2. The van der Waals surface area contributed by atoms with Crippen LogP contribution in [0.3, 0.4) is 0 Å². The number of unbranched alkanes of at least 4 members (excludes halogenated alkanes) is 3. The Morgan fingerprint density at radius 1 is 0.900 bits per heavy atom. The van der Waals surface area contributed by atoms with Crippen molar-refractivity contribution in [3.63, 3.8) is 0 Å². The van der Waals surface area contributed by atoms with Crippen molar-refractivity contribution in [2.75, 3.05) is 19.8 Å². The van der Waals surface area contributed by atoms with Crippen molar-refractivity contribution in [3.05, 3.63) is 0 Å². The SMILES string of the molecule is CCCCCCC(=O)O[C@H](COC(=O)CCC)CO[C@@H]1O[C@H](CO)[C@H](O)[C@H](O)[C@H]1O. The van der Waals surface area contributed by atoms with Crippen molar-refractivity contribution in [1.82, 2.24) is 0 Å². The molecule has 1 aliphatic heterocycles. The molecular formula is C20H36O10. The molecule has 1 aliphatic rings. The highest BCUT2D eigenvalue weighted by Gasteiger charge is 2.44. The van der Waals surface area contributed by atoms with E-state index in [0.29, 0.717) is 12.8 Å². The standard InChI is InChI=1S/C20H36O10/c1-3-5-6-7-9-16(23)29-13(11-27-15(22)8-4-2)12-28-20-19(26)18(25)17(24)14(10-21)30-20/h13-14,17-21,24-26H,3-12H2,1-2H3/t13-,14-,17+,18+,19-,20-/m1/s1. The first-order valence-corrected chi connectivity index (χ1v) is 10.6. The summed E-state index contributed by atoms with van der Waals surface area (Å²) in [6.45, 7) is 2.81. The summed E-state index contributed by atoms with van der Waals surface area (Å²) in [6, 6.07) is 0. The fraction of sp³-hybridized carbons (Fsp3) is 0.900. The van der Waals surface area contributed by atoms with Crippen LogP contribution in [0.15, 0.2) is 0 Å². The monoisotopic (exact) mass is 436 g/mol. The highest BCUT2D eigenvalue weighted by atomic mass is 16.7. The van der Waals surface area contributed by atoms with Crippen LogP contribution in [-0.2, 0) is 28.5 Å². The van der Waals surface area contributed by atoms with Crippen molar-refractivity contribution in [2.45, 2.75) is 95.6 Å². The number of aliphatic hydroxyl groups excluding tert-OH is 4. The van der Waals surface area contributed by atoms with E-state index in [-0.39, 0.29) is 26.1 Å². The van der Waals surface area contributed by atoms with Gasteiger partial charge in [0.15, 0.2) is 12.4 Å². The summed E-state index contributed by atoms with van der Waals surface area (Å²) in [7, 11) is 0. The van der Waals surface area contributed by atoms with E-state index in [9.17, 15) is 30.0 Å². The van der Waals surface area contributed by atoms with E-state index in [4.69, 9.17) is 18.9 Å². The first kappa shape index (κ1) is 26.7. The van der Waals surface area contributed by atoms with E-state index < -0.39 is 55.4 Å². The van der Waals surface area contributed by atoms with Crippen LogP contribution in [0.1, 0.15) is 58.8 Å². The first-order chi connectivity index (χ1) is 14.3. The second-order valence-electron chi connectivity index (χ2n) is 7.39. The molecule has 1 heterocycles. The van der Waals surface area contributed by atoms with Crippen LogP contribution in [0.2, 0.25) is 0 Å². The molecule has 4 N–H and O–H groups in total. The Hall–Kier alpha value is -1.30. The molecule has 0 radical (unpaired) electrons. The number of ether oxygens (including phenoxy) is 4. The molecule has 10 nitrogen and oxygen atoms in total. The van der Waals surface area contributed by atoms with Gasteiger partial charge >= 0.3 is 11.9 Å². The van der Waals surface area contributed by atoms with Crippen molar-refractivity contribution in [1.29, 1.82) is 0 Å². The maximum absolute atomic E-state index is 12.1. The fourth-order valence-corrected chi connectivity index (χ4v) is 2.93. The molecule has 0 aliphatic carbocycles. The van der Waals surface area contributed by atoms with E-state index in [1.165, 1.54) is 0 Å². The van der Waals surface area contributed by atoms with Gasteiger partial charge in [0.05, 0.1) is 13.2 Å². The van der Waals surface area contributed by atoms with E-state index in [2.05, 4.69) is 6.92 Å². The van der Waals surface area contributed by atoms with Crippen LogP contribution in [-0.4, -0.2) is 89.0 Å². The summed E-state index contributed by atoms with van der Waals surface area (Å²) in [5.41, 5.74) is 0. The highest BCUT2D eigenvalue weighted by molar-refractivity contribution is 5.70. The lowest BCUT2D eigenvalue weighted by Crippen LogP contribution is -2.59. The van der Waals surface area contributed by atoms with Gasteiger partial charge in [-0.3, -0.25) is 9.59 Å². The molecule has 10 heteroatoms. The average molecular weight is 436 g/mol. The Morgan fingerprint density at radius 3 is 2.27 bits per heavy atom. The fourth-order valence-electron chi connectivity index (χ4n) is 2.93. The number of rotatable bonds is 14. The third-order valence-corrected chi connectivity index (χ3v) is 4.71. The minimum atomic E-state index is -1.58. The zero-order chi connectivity index (χ0) is 22.5. The van der Waals surface area contributed by atoms with Gasteiger partial charge in [0, 0.05) is 12.8 Å². The maximum atomic E-state index is 12.1. The van der Waals surface area contributed by atoms with Crippen LogP contribution in [0.25, 0.3) is 0 Å². The van der Waals surface area contributed by atoms with Crippen molar-refractivity contribution < 1.29 is 49.0 Å². The molecule has 0 aromatic rings. The molecule has 1 fully saturated rings. The van der Waals surface area contributed by atoms with Crippen LogP contribution < -0.4 is 0 Å². The Morgan fingerprint density at radius 2 is 1.63 bits per heavy atom. The maximum Gasteiger partial charge on any atom is 0.306 e. The lowest BCUT2D eigenvalue weighted by Gasteiger charge is -2.39. The number of hydrogen-bond donors (Lipinski definition) is 4. The summed E-state index contributed by atoms with van der Waals surface area (Å²) in [5.74, 6) is -0.894. The van der Waals surface area contributed by atoms with Gasteiger partial charge in [0.1, 0.15) is 31.0 Å². The van der Waals surface area contributed by atoms with Gasteiger partial charge < -0.3 is 39.4 Å². The Balaban J connectivity index is 2.62. The van der Waals surface area contributed by atoms with E-state index >= 15 is 0 Å². The second kappa shape index (κ2) is 14.7. The molecule has 1 saturated heterocycles. The quantitative estimate of drug-likeness (QED) is 0.217. The van der Waals surface area contributed by atoms with Gasteiger partial charge in [0.2, 0.25) is 0 Å². The Labute approximate surface area is 177 Å². The van der Waals surface area contributed by atoms with E-state index in [0.717, 1.165) is 19.3 Å². The second-order valence-corrected chi connectivity index (χ2v) is 7.39. The van der Waals surface area contributed by atoms with Crippen molar-refractivity contribution in [2.24, 2.45) is 0 Å². The zero-order valence-corrected chi connectivity index (χ0v) is 17.8. The lowest BCUT2D eigenvalue weighted by atomic mass is 9.99. The number of carbonyl (C=O) groups is 2. The molecule has 0 spiro atoms. The molecule has 0 bridgehead atoms. The molecular weight excluding hydrogens is 400 g/mol. The predicted octanol–water partition coefficient (Wildman–Crippen LogP) is 0.0284. The van der Waals surface area contributed by atoms with Crippen LogP contribution in [0.4, 0.5) is 0 Å². The molecule has 30 heavy (non-hydrogen) atoms. The highest BCUT2D eigenvalue weighted by Crippen LogP contribution is 2.22. The third-order valence-electron chi connectivity index (χ3n) is 4.71. The minimum absolute atomic E-state index is 0.222. The Bertz CT molecular complexity index is 498. The molecule has 1 rings (SSSR count). The molecule has 0 saturated carbocycles. The van der Waals surface area contributed by atoms with Gasteiger partial charge in [-0.05, 0) is 12.8 Å². The Kier molecular flexibility index (Phi) is 13.1. The largest absolute Gasteiger partial charge is 0.462 e. The number of aliphatic hydroxyl groups is 4. The molecule has 0 aromatic carbocycles. The van der Waals surface area contributed by atoms with Gasteiger partial charge in [-0.1, -0.05) is 33.1 Å². The predicted molar refractivity (Wildman–Crippen MR) is 104 cm³/mol. The van der Waals surface area contributed by atoms with E-state index in [1.54, 1.807) is 0 Å². The van der Waals surface area contributed by atoms with Gasteiger partial charge in [-0.25, -0.2) is 0 Å². The summed E-state index contributed by atoms with van der Waals surface area (Å²) in [5, 5.41) is 38.9. The summed E-state index contributed by atoms with van der Waals surface area (Å²) < 4.78 is 21.1. The van der Waals surface area contributed by atoms with Crippen molar-refractivity contribution in [3.8, 4) is 0 Å². The summed E-state index contributed by atoms with van der Waals surface area (Å²) in [4.78, 5) is 23.7. The molecule has 0 amide bonds.